The molecule has 0 saturated heterocycles. The highest BCUT2D eigenvalue weighted by molar-refractivity contribution is 5.83. The molecule has 0 bridgehead atoms. The molecule has 4 N–H and O–H groups in total. The maximum atomic E-state index is 5.65. The summed E-state index contributed by atoms with van der Waals surface area (Å²) in [5.41, 5.74) is 7.21. The van der Waals surface area contributed by atoms with Gasteiger partial charge in [0.2, 0.25) is 5.95 Å². The van der Waals surface area contributed by atoms with Crippen LogP contribution >= 0.6 is 0 Å². The molecule has 84 valence electrons. The minimum absolute atomic E-state index is 0.138. The number of hydrogen-bond donors (Lipinski definition) is 3. The maximum Gasteiger partial charge on any atom is 0.224 e. The van der Waals surface area contributed by atoms with E-state index in [0.717, 1.165) is 24.2 Å². The maximum absolute atomic E-state index is 5.65. The summed E-state index contributed by atoms with van der Waals surface area (Å²) in [6, 6.07) is 0. The van der Waals surface area contributed by atoms with Crippen LogP contribution < -0.4 is 11.1 Å². The molecular weight excluding hydrogens is 204 g/mol. The van der Waals surface area contributed by atoms with Crippen LogP contribution in [0, 0.1) is 0 Å². The standard InChI is InChI=1S/C10H14N6/c1-10(3-2-4-10)16-8-6-7(13-5-12-6)14-9(11)15-8/h5H,2-4H2,1H3,(H4,11,12,13,14,15,16). The lowest BCUT2D eigenvalue weighted by atomic mass is 9.78. The van der Waals surface area contributed by atoms with Crippen LogP contribution in [-0.4, -0.2) is 25.5 Å². The quantitative estimate of drug-likeness (QED) is 0.706. The van der Waals surface area contributed by atoms with Crippen molar-refractivity contribution in [1.29, 1.82) is 0 Å². The van der Waals surface area contributed by atoms with Crippen LogP contribution in [0.5, 0.6) is 0 Å². The van der Waals surface area contributed by atoms with Crippen LogP contribution in [0.1, 0.15) is 26.2 Å². The molecule has 1 aliphatic carbocycles. The van der Waals surface area contributed by atoms with E-state index in [1.54, 1.807) is 6.33 Å². The van der Waals surface area contributed by atoms with E-state index in [2.05, 4.69) is 32.2 Å². The van der Waals surface area contributed by atoms with Crippen LogP contribution in [0.2, 0.25) is 0 Å². The average molecular weight is 218 g/mol. The lowest BCUT2D eigenvalue weighted by molar-refractivity contribution is 0.306. The van der Waals surface area contributed by atoms with E-state index in [-0.39, 0.29) is 11.5 Å². The van der Waals surface area contributed by atoms with E-state index >= 15 is 0 Å². The van der Waals surface area contributed by atoms with Crippen molar-refractivity contribution < 1.29 is 0 Å². The zero-order valence-electron chi connectivity index (χ0n) is 9.12. The molecule has 1 aliphatic rings. The second-order valence-electron chi connectivity index (χ2n) is 4.57. The number of nitrogens with zero attached hydrogens (tertiary/aromatic N) is 3. The molecule has 6 nitrogen and oxygen atoms in total. The fourth-order valence-electron chi connectivity index (χ4n) is 2.06. The van der Waals surface area contributed by atoms with Crippen molar-refractivity contribution in [2.24, 2.45) is 0 Å². The van der Waals surface area contributed by atoms with Gasteiger partial charge in [-0.3, -0.25) is 0 Å². The molecule has 16 heavy (non-hydrogen) atoms. The zero-order valence-corrected chi connectivity index (χ0v) is 9.12. The minimum Gasteiger partial charge on any atom is -0.368 e. The monoisotopic (exact) mass is 218 g/mol. The summed E-state index contributed by atoms with van der Waals surface area (Å²) in [5, 5.41) is 3.42. The summed E-state index contributed by atoms with van der Waals surface area (Å²) in [6.45, 7) is 2.19. The van der Waals surface area contributed by atoms with E-state index in [1.807, 2.05) is 0 Å². The molecule has 0 aromatic carbocycles. The number of hydrogen-bond acceptors (Lipinski definition) is 5. The largest absolute Gasteiger partial charge is 0.368 e. The number of fused-ring (bicyclic) bond motifs is 1. The Labute approximate surface area is 92.7 Å². The van der Waals surface area contributed by atoms with E-state index in [4.69, 9.17) is 5.73 Å². The summed E-state index contributed by atoms with van der Waals surface area (Å²) >= 11 is 0. The highest BCUT2D eigenvalue weighted by atomic mass is 15.2. The zero-order chi connectivity index (χ0) is 11.2. The van der Waals surface area contributed by atoms with Crippen molar-refractivity contribution in [2.45, 2.75) is 31.7 Å². The van der Waals surface area contributed by atoms with Crippen molar-refractivity contribution in [3.63, 3.8) is 0 Å². The van der Waals surface area contributed by atoms with Crippen LogP contribution in [0.15, 0.2) is 6.33 Å². The molecular formula is C10H14N6. The summed E-state index contributed by atoms with van der Waals surface area (Å²) in [4.78, 5) is 15.4. The van der Waals surface area contributed by atoms with Crippen molar-refractivity contribution in [2.75, 3.05) is 11.1 Å². The number of aromatic nitrogens is 4. The minimum atomic E-state index is 0.138. The van der Waals surface area contributed by atoms with Gasteiger partial charge >= 0.3 is 0 Å². The van der Waals surface area contributed by atoms with Gasteiger partial charge in [0.1, 0.15) is 5.52 Å². The van der Waals surface area contributed by atoms with Gasteiger partial charge in [0, 0.05) is 5.54 Å². The third-order valence-electron chi connectivity index (χ3n) is 3.18. The van der Waals surface area contributed by atoms with Gasteiger partial charge in [0.15, 0.2) is 11.5 Å². The molecule has 0 radical (unpaired) electrons. The third-order valence-corrected chi connectivity index (χ3v) is 3.18. The SMILES string of the molecule is CC1(Nc2nc(N)nc3nc[nH]c23)CCC1. The Morgan fingerprint density at radius 3 is 2.94 bits per heavy atom. The molecule has 0 amide bonds. The van der Waals surface area contributed by atoms with Crippen LogP contribution in [0.4, 0.5) is 11.8 Å². The molecule has 2 aromatic rings. The van der Waals surface area contributed by atoms with E-state index in [1.165, 1.54) is 6.42 Å². The Morgan fingerprint density at radius 2 is 2.25 bits per heavy atom. The Morgan fingerprint density at radius 1 is 1.44 bits per heavy atom. The number of imidazole rings is 1. The Hall–Kier alpha value is -1.85. The normalized spacial score (nSPS) is 18.3. The number of rotatable bonds is 2. The predicted octanol–water partition coefficient (Wildman–Crippen LogP) is 1.29. The molecule has 2 aromatic heterocycles. The van der Waals surface area contributed by atoms with Crippen LogP contribution in [-0.2, 0) is 0 Å². The van der Waals surface area contributed by atoms with Gasteiger partial charge in [-0.15, -0.1) is 0 Å². The Balaban J connectivity index is 2.04. The lowest BCUT2D eigenvalue weighted by Crippen LogP contribution is -2.42. The predicted molar refractivity (Wildman–Crippen MR) is 62.0 cm³/mol. The molecule has 0 spiro atoms. The molecule has 3 rings (SSSR count). The summed E-state index contributed by atoms with van der Waals surface area (Å²) in [5.74, 6) is 1.01. The number of nitrogen functional groups attached to an aromatic ring is 1. The number of nitrogens with two attached hydrogens (primary N) is 1. The molecule has 0 aliphatic heterocycles. The Bertz CT molecular complexity index is 527. The molecule has 1 fully saturated rings. The van der Waals surface area contributed by atoms with E-state index in [0.29, 0.717) is 5.65 Å². The number of anilines is 2. The average Bonchev–Trinajstić information content (AvgIpc) is 2.63. The molecule has 6 heteroatoms. The van der Waals surface area contributed by atoms with Gasteiger partial charge in [-0.25, -0.2) is 4.98 Å². The topological polar surface area (TPSA) is 92.5 Å². The van der Waals surface area contributed by atoms with E-state index < -0.39 is 0 Å². The smallest absolute Gasteiger partial charge is 0.224 e. The highest BCUT2D eigenvalue weighted by Gasteiger charge is 2.32. The lowest BCUT2D eigenvalue weighted by Gasteiger charge is -2.39. The van der Waals surface area contributed by atoms with Crippen molar-refractivity contribution in [3.05, 3.63) is 6.33 Å². The molecule has 0 unspecified atom stereocenters. The van der Waals surface area contributed by atoms with E-state index in [9.17, 15) is 0 Å². The number of aromatic amines is 1. The molecule has 1 saturated carbocycles. The fraction of sp³-hybridized carbons (Fsp3) is 0.500. The molecule has 2 heterocycles. The van der Waals surface area contributed by atoms with Gasteiger partial charge in [-0.05, 0) is 26.2 Å². The van der Waals surface area contributed by atoms with Gasteiger partial charge in [-0.1, -0.05) is 0 Å². The van der Waals surface area contributed by atoms with Crippen LogP contribution in [0.3, 0.4) is 0 Å². The molecule has 0 atom stereocenters. The third kappa shape index (κ3) is 1.37. The fourth-order valence-corrected chi connectivity index (χ4v) is 2.06. The number of nitrogens with one attached hydrogen (secondary N) is 2. The second kappa shape index (κ2) is 3.07. The first-order valence-electron chi connectivity index (χ1n) is 5.41. The van der Waals surface area contributed by atoms with Crippen LogP contribution in [0.25, 0.3) is 11.2 Å². The first kappa shape index (κ1) is 9.38. The first-order chi connectivity index (χ1) is 7.66. The second-order valence-corrected chi connectivity index (χ2v) is 4.57. The van der Waals surface area contributed by atoms with Crippen molar-refractivity contribution >= 4 is 22.9 Å². The Kier molecular flexibility index (Phi) is 1.80. The van der Waals surface area contributed by atoms with Crippen molar-refractivity contribution in [1.82, 2.24) is 19.9 Å². The summed E-state index contributed by atoms with van der Waals surface area (Å²) in [6.07, 6.45) is 5.18. The van der Waals surface area contributed by atoms with Gasteiger partial charge < -0.3 is 16.0 Å². The van der Waals surface area contributed by atoms with Gasteiger partial charge in [-0.2, -0.15) is 9.97 Å². The van der Waals surface area contributed by atoms with Gasteiger partial charge in [0.05, 0.1) is 6.33 Å². The van der Waals surface area contributed by atoms with Crippen molar-refractivity contribution in [3.8, 4) is 0 Å². The van der Waals surface area contributed by atoms with Gasteiger partial charge in [0.25, 0.3) is 0 Å². The summed E-state index contributed by atoms with van der Waals surface area (Å²) < 4.78 is 0. The highest BCUT2D eigenvalue weighted by Crippen LogP contribution is 2.35. The first-order valence-corrected chi connectivity index (χ1v) is 5.41. The number of H-pyrrole nitrogens is 1. The summed E-state index contributed by atoms with van der Waals surface area (Å²) in [7, 11) is 0.